The first-order chi connectivity index (χ1) is 10.6. The Balaban J connectivity index is 2.19. The third-order valence-corrected chi connectivity index (χ3v) is 3.73. The topological polar surface area (TPSA) is 34.9 Å². The average molecular weight is 315 g/mol. The Bertz CT molecular complexity index is 857. The lowest BCUT2D eigenvalue weighted by atomic mass is 10.0. The number of halogens is 2. The minimum atomic E-state index is -0.475. The number of aromatic nitrogens is 2. The minimum Gasteiger partial charge on any atom is -0.303 e. The molecule has 0 aliphatic rings. The van der Waals surface area contributed by atoms with E-state index in [4.69, 9.17) is 11.6 Å². The molecule has 0 aliphatic heterocycles. The molecule has 0 unspecified atom stereocenters. The van der Waals surface area contributed by atoms with E-state index in [2.05, 4.69) is 4.98 Å². The van der Waals surface area contributed by atoms with Crippen molar-refractivity contribution in [1.29, 1.82) is 0 Å². The van der Waals surface area contributed by atoms with Crippen molar-refractivity contribution in [3.05, 3.63) is 82.6 Å². The highest BCUT2D eigenvalue weighted by molar-refractivity contribution is 6.35. The molecule has 1 heterocycles. The molecule has 0 radical (unpaired) electrons. The Labute approximate surface area is 132 Å². The van der Waals surface area contributed by atoms with Crippen LogP contribution >= 0.6 is 11.6 Å². The Morgan fingerprint density at radius 1 is 1.18 bits per heavy atom. The van der Waals surface area contributed by atoms with Crippen LogP contribution in [-0.4, -0.2) is 15.3 Å². The largest absolute Gasteiger partial charge is 0.303 e. The summed E-state index contributed by atoms with van der Waals surface area (Å²) < 4.78 is 15.4. The molecule has 110 valence electrons. The van der Waals surface area contributed by atoms with Crippen molar-refractivity contribution in [2.45, 2.75) is 6.92 Å². The summed E-state index contributed by atoms with van der Waals surface area (Å²) in [7, 11) is 0. The Morgan fingerprint density at radius 2 is 1.95 bits per heavy atom. The summed E-state index contributed by atoms with van der Waals surface area (Å²) >= 11 is 6.08. The second-order valence-electron chi connectivity index (χ2n) is 4.88. The van der Waals surface area contributed by atoms with Crippen LogP contribution in [0.1, 0.15) is 21.6 Å². The minimum absolute atomic E-state index is 0.245. The molecule has 0 N–H and O–H groups in total. The molecular weight excluding hydrogens is 303 g/mol. The summed E-state index contributed by atoms with van der Waals surface area (Å²) in [5.74, 6) is -0.801. The van der Waals surface area contributed by atoms with E-state index in [1.807, 2.05) is 6.92 Å². The fourth-order valence-electron chi connectivity index (χ4n) is 2.30. The summed E-state index contributed by atoms with van der Waals surface area (Å²) in [6.45, 7) is 1.86. The fraction of sp³-hybridized carbons (Fsp3) is 0.0588. The Hall–Kier alpha value is -2.46. The summed E-state index contributed by atoms with van der Waals surface area (Å²) in [5, 5.41) is 0.338. The first-order valence-electron chi connectivity index (χ1n) is 6.66. The Morgan fingerprint density at radius 3 is 2.64 bits per heavy atom. The molecule has 0 atom stereocenters. The first-order valence-corrected chi connectivity index (χ1v) is 7.04. The number of hydrogen-bond acceptors (Lipinski definition) is 2. The van der Waals surface area contributed by atoms with E-state index in [0.717, 1.165) is 5.69 Å². The molecule has 3 aromatic rings. The third-order valence-electron chi connectivity index (χ3n) is 3.40. The van der Waals surface area contributed by atoms with Gasteiger partial charge in [0.05, 0.1) is 17.0 Å². The molecule has 3 rings (SSSR count). The number of nitrogens with zero attached hydrogens (tertiary/aromatic N) is 2. The number of carbonyl (C=O) groups is 1. The van der Waals surface area contributed by atoms with Gasteiger partial charge in [-0.15, -0.1) is 0 Å². The van der Waals surface area contributed by atoms with Crippen LogP contribution < -0.4 is 0 Å². The molecule has 2 aromatic carbocycles. The van der Waals surface area contributed by atoms with E-state index in [0.29, 0.717) is 16.3 Å². The highest BCUT2D eigenvalue weighted by Crippen LogP contribution is 2.24. The van der Waals surface area contributed by atoms with Gasteiger partial charge >= 0.3 is 0 Å². The van der Waals surface area contributed by atoms with Gasteiger partial charge in [-0.1, -0.05) is 23.7 Å². The number of aryl methyl sites for hydroxylation is 1. The lowest BCUT2D eigenvalue weighted by Crippen LogP contribution is -2.09. The van der Waals surface area contributed by atoms with Gasteiger partial charge in [-0.3, -0.25) is 4.79 Å². The van der Waals surface area contributed by atoms with Gasteiger partial charge in [0.25, 0.3) is 0 Å². The number of carbonyl (C=O) groups excluding carboxylic acids is 1. The van der Waals surface area contributed by atoms with Crippen LogP contribution in [0.25, 0.3) is 5.69 Å². The molecular formula is C17H12ClFN2O. The zero-order valence-electron chi connectivity index (χ0n) is 11.8. The van der Waals surface area contributed by atoms with E-state index in [1.54, 1.807) is 47.4 Å². The number of rotatable bonds is 3. The van der Waals surface area contributed by atoms with E-state index in [-0.39, 0.29) is 11.3 Å². The van der Waals surface area contributed by atoms with Crippen molar-refractivity contribution in [2.75, 3.05) is 0 Å². The number of ketones is 1. The van der Waals surface area contributed by atoms with E-state index >= 15 is 0 Å². The summed E-state index contributed by atoms with van der Waals surface area (Å²) in [6.07, 6.45) is 3.26. The molecule has 0 bridgehead atoms. The molecule has 0 fully saturated rings. The lowest BCUT2D eigenvalue weighted by molar-refractivity contribution is 0.103. The number of benzene rings is 2. The highest BCUT2D eigenvalue weighted by atomic mass is 35.5. The van der Waals surface area contributed by atoms with Crippen LogP contribution in [0.3, 0.4) is 0 Å². The number of hydrogen-bond donors (Lipinski definition) is 0. The van der Waals surface area contributed by atoms with Crippen molar-refractivity contribution in [3.63, 3.8) is 0 Å². The molecule has 0 saturated heterocycles. The molecule has 3 nitrogen and oxygen atoms in total. The van der Waals surface area contributed by atoms with Crippen LogP contribution in [0, 0.1) is 12.7 Å². The molecule has 0 spiro atoms. The second-order valence-corrected chi connectivity index (χ2v) is 5.28. The maximum Gasteiger partial charge on any atom is 0.196 e. The molecule has 22 heavy (non-hydrogen) atoms. The van der Waals surface area contributed by atoms with Crippen molar-refractivity contribution >= 4 is 17.4 Å². The van der Waals surface area contributed by atoms with Crippen molar-refractivity contribution in [1.82, 2.24) is 9.55 Å². The summed E-state index contributed by atoms with van der Waals surface area (Å²) in [4.78, 5) is 16.8. The van der Waals surface area contributed by atoms with Gasteiger partial charge in [0.15, 0.2) is 5.78 Å². The maximum absolute atomic E-state index is 13.7. The van der Waals surface area contributed by atoms with E-state index in [1.165, 1.54) is 12.1 Å². The smallest absolute Gasteiger partial charge is 0.196 e. The zero-order chi connectivity index (χ0) is 15.7. The van der Waals surface area contributed by atoms with Gasteiger partial charge < -0.3 is 4.57 Å². The van der Waals surface area contributed by atoms with Crippen molar-refractivity contribution in [3.8, 4) is 5.69 Å². The van der Waals surface area contributed by atoms with Gasteiger partial charge in [-0.25, -0.2) is 9.37 Å². The van der Waals surface area contributed by atoms with Gasteiger partial charge in [0.2, 0.25) is 0 Å². The summed E-state index contributed by atoms with van der Waals surface area (Å²) in [6, 6.07) is 10.8. The Kier molecular flexibility index (Phi) is 3.77. The maximum atomic E-state index is 13.7. The highest BCUT2D eigenvalue weighted by Gasteiger charge is 2.18. The van der Waals surface area contributed by atoms with Crippen molar-refractivity contribution in [2.24, 2.45) is 0 Å². The fourth-order valence-corrected chi connectivity index (χ4v) is 2.53. The quantitative estimate of drug-likeness (QED) is 0.679. The molecule has 1 aromatic heterocycles. The van der Waals surface area contributed by atoms with Crippen LogP contribution in [0.5, 0.6) is 0 Å². The van der Waals surface area contributed by atoms with Crippen LogP contribution in [0.15, 0.2) is 55.0 Å². The standard InChI is InChI=1S/C17H12ClFN2O/c1-11-9-20-10-21(11)16-7-6-12(19)8-14(16)17(22)13-4-2-3-5-15(13)18/h2-10H,1H3. The first kappa shape index (κ1) is 14.5. The van der Waals surface area contributed by atoms with Crippen LogP contribution in [0.2, 0.25) is 5.02 Å². The SMILES string of the molecule is Cc1cncn1-c1ccc(F)cc1C(=O)c1ccccc1Cl. The van der Waals surface area contributed by atoms with Gasteiger partial charge in [0, 0.05) is 23.0 Å². The normalized spacial score (nSPS) is 10.7. The molecule has 0 aliphatic carbocycles. The number of imidazole rings is 1. The van der Waals surface area contributed by atoms with Gasteiger partial charge in [0.1, 0.15) is 5.82 Å². The predicted octanol–water partition coefficient (Wildman–Crippen LogP) is 4.20. The van der Waals surface area contributed by atoms with Crippen molar-refractivity contribution < 1.29 is 9.18 Å². The third kappa shape index (κ3) is 2.53. The zero-order valence-corrected chi connectivity index (χ0v) is 12.5. The molecule has 0 amide bonds. The monoisotopic (exact) mass is 314 g/mol. The second kappa shape index (κ2) is 5.73. The molecule has 0 saturated carbocycles. The van der Waals surface area contributed by atoms with Gasteiger partial charge in [-0.05, 0) is 37.3 Å². The van der Waals surface area contributed by atoms with Crippen LogP contribution in [-0.2, 0) is 0 Å². The molecule has 5 heteroatoms. The predicted molar refractivity (Wildman–Crippen MR) is 83.1 cm³/mol. The van der Waals surface area contributed by atoms with Crippen LogP contribution in [0.4, 0.5) is 4.39 Å². The van der Waals surface area contributed by atoms with E-state index < -0.39 is 5.82 Å². The lowest BCUT2D eigenvalue weighted by Gasteiger charge is -2.12. The summed E-state index contributed by atoms with van der Waals surface area (Å²) in [5.41, 5.74) is 2.00. The average Bonchev–Trinajstić information content (AvgIpc) is 2.93. The van der Waals surface area contributed by atoms with Gasteiger partial charge in [-0.2, -0.15) is 0 Å². The van der Waals surface area contributed by atoms with E-state index in [9.17, 15) is 9.18 Å².